The molecular formula is C8H10NO3+. The molecule has 1 aromatic carbocycles. The van der Waals surface area contributed by atoms with Crippen molar-refractivity contribution in [2.45, 2.75) is 6.92 Å². The maximum absolute atomic E-state index is 10.6. The van der Waals surface area contributed by atoms with Gasteiger partial charge in [0.2, 0.25) is 0 Å². The van der Waals surface area contributed by atoms with Gasteiger partial charge in [-0.3, -0.25) is 0 Å². The fraction of sp³-hybridized carbons (Fsp3) is 0.250. The molecule has 12 heavy (non-hydrogen) atoms. The quantitative estimate of drug-likeness (QED) is 0.685. The fourth-order valence-electron chi connectivity index (χ4n) is 1.03. The molecule has 4 heteroatoms. The van der Waals surface area contributed by atoms with Gasteiger partial charge in [-0.1, -0.05) is 6.07 Å². The second-order valence-corrected chi connectivity index (χ2v) is 2.38. The minimum Gasteiger partial charge on any atom is -0.496 e. The van der Waals surface area contributed by atoms with Gasteiger partial charge in [0.1, 0.15) is 5.75 Å². The van der Waals surface area contributed by atoms with Gasteiger partial charge < -0.3 is 4.74 Å². The van der Waals surface area contributed by atoms with Crippen LogP contribution in [0.5, 0.6) is 5.75 Å². The molecule has 0 saturated carbocycles. The van der Waals surface area contributed by atoms with Crippen LogP contribution in [0.4, 0.5) is 5.69 Å². The maximum Gasteiger partial charge on any atom is 0.323 e. The van der Waals surface area contributed by atoms with Crippen molar-refractivity contribution in [2.24, 2.45) is 0 Å². The summed E-state index contributed by atoms with van der Waals surface area (Å²) in [5, 5.41) is 8.65. The molecule has 0 heterocycles. The largest absolute Gasteiger partial charge is 0.496 e. The molecule has 0 aliphatic rings. The predicted octanol–water partition coefficient (Wildman–Crippen LogP) is 1.80. The smallest absolute Gasteiger partial charge is 0.323 e. The van der Waals surface area contributed by atoms with E-state index in [1.54, 1.807) is 19.1 Å². The summed E-state index contributed by atoms with van der Waals surface area (Å²) >= 11 is 0. The third-order valence-corrected chi connectivity index (χ3v) is 1.68. The molecule has 0 bridgehead atoms. The second kappa shape index (κ2) is 3.21. The maximum atomic E-state index is 10.6. The highest BCUT2D eigenvalue weighted by Gasteiger charge is 2.17. The Balaban J connectivity index is 3.23. The van der Waals surface area contributed by atoms with E-state index in [-0.39, 0.29) is 10.6 Å². The Morgan fingerprint density at radius 1 is 1.50 bits per heavy atom. The van der Waals surface area contributed by atoms with Crippen LogP contribution in [0, 0.1) is 11.8 Å². The Hall–Kier alpha value is -1.58. The average Bonchev–Trinajstić information content (AvgIpc) is 2.04. The van der Waals surface area contributed by atoms with Crippen LogP contribution in [0.15, 0.2) is 18.2 Å². The lowest BCUT2D eigenvalue weighted by molar-refractivity contribution is -0.730. The van der Waals surface area contributed by atoms with E-state index in [4.69, 9.17) is 9.94 Å². The fourth-order valence-corrected chi connectivity index (χ4v) is 1.03. The van der Waals surface area contributed by atoms with Gasteiger partial charge in [-0.25, -0.2) is 5.21 Å². The topological polar surface area (TPSA) is 49.5 Å². The molecule has 64 valence electrons. The highest BCUT2D eigenvalue weighted by molar-refractivity contribution is 5.47. The van der Waals surface area contributed by atoms with Crippen molar-refractivity contribution >= 4 is 5.69 Å². The summed E-state index contributed by atoms with van der Waals surface area (Å²) in [6.07, 6.45) is 0. The van der Waals surface area contributed by atoms with Crippen molar-refractivity contribution in [1.29, 1.82) is 0 Å². The number of ether oxygens (including phenoxy) is 1. The molecule has 1 aromatic rings. The summed E-state index contributed by atoms with van der Waals surface area (Å²) in [7, 11) is 1.51. The van der Waals surface area contributed by atoms with Gasteiger partial charge in [0, 0.05) is 6.07 Å². The summed E-state index contributed by atoms with van der Waals surface area (Å²) in [5.41, 5.74) is 0.826. The van der Waals surface area contributed by atoms with Crippen LogP contribution < -0.4 is 4.74 Å². The van der Waals surface area contributed by atoms with Crippen molar-refractivity contribution in [3.63, 3.8) is 0 Å². The Kier molecular flexibility index (Phi) is 2.28. The van der Waals surface area contributed by atoms with Crippen LogP contribution in [0.3, 0.4) is 0 Å². The zero-order valence-corrected chi connectivity index (χ0v) is 6.94. The molecule has 1 N–H and O–H groups in total. The van der Waals surface area contributed by atoms with Gasteiger partial charge in [0.15, 0.2) is 0 Å². The van der Waals surface area contributed by atoms with E-state index < -0.39 is 0 Å². The van der Waals surface area contributed by atoms with Gasteiger partial charge >= 0.3 is 5.69 Å². The number of rotatable bonds is 2. The van der Waals surface area contributed by atoms with Gasteiger partial charge in [-0.15, -0.1) is 0 Å². The minimum absolute atomic E-state index is 0.169. The van der Waals surface area contributed by atoms with Crippen molar-refractivity contribution in [2.75, 3.05) is 7.11 Å². The van der Waals surface area contributed by atoms with Gasteiger partial charge in [0.25, 0.3) is 4.92 Å². The third-order valence-electron chi connectivity index (χ3n) is 1.68. The molecule has 0 atom stereocenters. The second-order valence-electron chi connectivity index (χ2n) is 2.38. The molecule has 0 unspecified atom stereocenters. The molecule has 0 aromatic heterocycles. The van der Waals surface area contributed by atoms with E-state index in [0.717, 1.165) is 0 Å². The standard InChI is InChI=1S/C8H10NO3/c1-6-7(9(10)11)4-3-5-8(6)12-2/h3-5H,1-2H3,(H,10,11)/q+1. The molecule has 0 radical (unpaired) electrons. The monoisotopic (exact) mass is 168 g/mol. The zero-order valence-electron chi connectivity index (χ0n) is 6.94. The number of nitrogens with zero attached hydrogens (tertiary/aromatic N) is 1. The van der Waals surface area contributed by atoms with Crippen LogP contribution in [-0.2, 0) is 0 Å². The number of methoxy groups -OCH3 is 1. The zero-order chi connectivity index (χ0) is 9.14. The summed E-state index contributed by atoms with van der Waals surface area (Å²) in [6, 6.07) is 4.88. The first-order valence-corrected chi connectivity index (χ1v) is 3.46. The molecule has 0 aliphatic heterocycles. The Labute approximate surface area is 69.9 Å². The predicted molar refractivity (Wildman–Crippen MR) is 42.8 cm³/mol. The lowest BCUT2D eigenvalue weighted by Crippen LogP contribution is -1.96. The SMILES string of the molecule is COc1cccc([N+](=O)O)c1C. The highest BCUT2D eigenvalue weighted by Crippen LogP contribution is 2.25. The van der Waals surface area contributed by atoms with Crippen LogP contribution in [-0.4, -0.2) is 17.2 Å². The van der Waals surface area contributed by atoms with Crippen LogP contribution in [0.25, 0.3) is 0 Å². The Morgan fingerprint density at radius 2 is 2.17 bits per heavy atom. The van der Waals surface area contributed by atoms with E-state index in [0.29, 0.717) is 11.3 Å². The molecule has 0 amide bonds. The van der Waals surface area contributed by atoms with Gasteiger partial charge in [-0.2, -0.15) is 0 Å². The number of hydrogen-bond acceptors (Lipinski definition) is 2. The number of benzene rings is 1. The lowest BCUT2D eigenvalue weighted by atomic mass is 10.2. The highest BCUT2D eigenvalue weighted by atomic mass is 16.6. The van der Waals surface area contributed by atoms with Crippen LogP contribution in [0.2, 0.25) is 0 Å². The van der Waals surface area contributed by atoms with E-state index in [1.165, 1.54) is 13.2 Å². The van der Waals surface area contributed by atoms with Crippen molar-refractivity contribution < 1.29 is 14.9 Å². The molecule has 0 aliphatic carbocycles. The molecule has 0 spiro atoms. The summed E-state index contributed by atoms with van der Waals surface area (Å²) < 4.78 is 4.96. The van der Waals surface area contributed by atoms with Crippen molar-refractivity contribution in [3.05, 3.63) is 28.7 Å². The molecule has 0 saturated heterocycles. The van der Waals surface area contributed by atoms with E-state index in [9.17, 15) is 4.91 Å². The Morgan fingerprint density at radius 3 is 2.67 bits per heavy atom. The van der Waals surface area contributed by atoms with E-state index in [1.807, 2.05) is 0 Å². The Bertz CT molecular complexity index is 309. The van der Waals surface area contributed by atoms with Crippen LogP contribution >= 0.6 is 0 Å². The van der Waals surface area contributed by atoms with Crippen molar-refractivity contribution in [1.82, 2.24) is 0 Å². The van der Waals surface area contributed by atoms with Crippen LogP contribution in [0.1, 0.15) is 5.56 Å². The van der Waals surface area contributed by atoms with Gasteiger partial charge in [0.05, 0.1) is 17.6 Å². The third kappa shape index (κ3) is 1.37. The molecule has 1 rings (SSSR count). The first kappa shape index (κ1) is 8.52. The van der Waals surface area contributed by atoms with E-state index in [2.05, 4.69) is 0 Å². The first-order chi connectivity index (χ1) is 5.66. The normalized spacial score (nSPS) is 9.50. The summed E-state index contributed by atoms with van der Waals surface area (Å²) in [6.45, 7) is 1.70. The minimum atomic E-state index is -0.169. The molecule has 4 nitrogen and oxygen atoms in total. The van der Waals surface area contributed by atoms with Gasteiger partial charge in [-0.05, 0) is 13.0 Å². The summed E-state index contributed by atoms with van der Waals surface area (Å²) in [5.74, 6) is 0.586. The average molecular weight is 168 g/mol. The number of hydrogen-bond donors (Lipinski definition) is 1. The lowest BCUT2D eigenvalue weighted by Gasteiger charge is -2.01. The first-order valence-electron chi connectivity index (χ1n) is 3.46. The van der Waals surface area contributed by atoms with E-state index >= 15 is 0 Å². The van der Waals surface area contributed by atoms with Crippen molar-refractivity contribution in [3.8, 4) is 5.75 Å². The summed E-state index contributed by atoms with van der Waals surface area (Å²) in [4.78, 5) is 10.4. The molecular weight excluding hydrogens is 158 g/mol. The molecule has 0 fully saturated rings.